The number of aryl methyl sites for hydroxylation is 1. The standard InChI is InChI=1S/C20H24N2O4/c1-15(6-9-17-4-3-13-25-17)21-19(23)14-26-18-10-7-16(8-11-18)22-12-2-5-20(22)24/h3-4,7-8,10-11,13,15H,2,5-6,9,12,14H2,1H3,(H,21,23)/t15-/m0/s1. The van der Waals surface area contributed by atoms with Crippen LogP contribution in [-0.2, 0) is 16.0 Å². The van der Waals surface area contributed by atoms with E-state index in [0.717, 1.165) is 37.3 Å². The van der Waals surface area contributed by atoms with Gasteiger partial charge in [-0.3, -0.25) is 9.59 Å². The van der Waals surface area contributed by atoms with Crippen molar-refractivity contribution >= 4 is 17.5 Å². The second-order valence-corrected chi connectivity index (χ2v) is 6.52. The maximum Gasteiger partial charge on any atom is 0.258 e. The zero-order valence-electron chi connectivity index (χ0n) is 14.9. The smallest absolute Gasteiger partial charge is 0.258 e. The molecule has 1 aromatic heterocycles. The first-order chi connectivity index (χ1) is 12.6. The van der Waals surface area contributed by atoms with Gasteiger partial charge in [-0.05, 0) is 56.2 Å². The third kappa shape index (κ3) is 4.88. The lowest BCUT2D eigenvalue weighted by Gasteiger charge is -2.16. The molecule has 0 unspecified atom stereocenters. The van der Waals surface area contributed by atoms with E-state index in [1.165, 1.54) is 0 Å². The molecular weight excluding hydrogens is 332 g/mol. The third-order valence-electron chi connectivity index (χ3n) is 4.40. The molecule has 0 aliphatic carbocycles. The van der Waals surface area contributed by atoms with Crippen LogP contribution < -0.4 is 15.0 Å². The number of amides is 2. The van der Waals surface area contributed by atoms with Crippen LogP contribution in [0.2, 0.25) is 0 Å². The summed E-state index contributed by atoms with van der Waals surface area (Å²) >= 11 is 0. The van der Waals surface area contributed by atoms with Gasteiger partial charge < -0.3 is 19.4 Å². The van der Waals surface area contributed by atoms with Crippen LogP contribution >= 0.6 is 0 Å². The van der Waals surface area contributed by atoms with Crippen molar-refractivity contribution in [3.05, 3.63) is 48.4 Å². The number of nitrogens with zero attached hydrogens (tertiary/aromatic N) is 1. The van der Waals surface area contributed by atoms with Crippen molar-refractivity contribution in [2.45, 2.75) is 38.6 Å². The van der Waals surface area contributed by atoms with Crippen LogP contribution in [0, 0.1) is 0 Å². The molecule has 1 atom stereocenters. The lowest BCUT2D eigenvalue weighted by atomic mass is 10.1. The number of furan rings is 1. The Morgan fingerprint density at radius 2 is 2.12 bits per heavy atom. The largest absolute Gasteiger partial charge is 0.484 e. The van der Waals surface area contributed by atoms with Crippen molar-refractivity contribution in [2.24, 2.45) is 0 Å². The summed E-state index contributed by atoms with van der Waals surface area (Å²) in [5.41, 5.74) is 0.871. The molecule has 2 aromatic rings. The van der Waals surface area contributed by atoms with Crippen molar-refractivity contribution in [3.63, 3.8) is 0 Å². The molecule has 1 aliphatic heterocycles. The summed E-state index contributed by atoms with van der Waals surface area (Å²) in [5, 5.41) is 2.92. The average molecular weight is 356 g/mol. The molecule has 1 N–H and O–H groups in total. The number of nitrogens with one attached hydrogen (secondary N) is 1. The highest BCUT2D eigenvalue weighted by atomic mass is 16.5. The average Bonchev–Trinajstić information content (AvgIpc) is 3.30. The van der Waals surface area contributed by atoms with Crippen molar-refractivity contribution in [1.82, 2.24) is 5.32 Å². The van der Waals surface area contributed by atoms with Crippen LogP contribution in [0.3, 0.4) is 0 Å². The molecule has 6 nitrogen and oxygen atoms in total. The molecule has 1 saturated heterocycles. The Kier molecular flexibility index (Phi) is 5.94. The maximum absolute atomic E-state index is 12.0. The monoisotopic (exact) mass is 356 g/mol. The number of carbonyl (C=O) groups excluding carboxylic acids is 2. The Bertz CT molecular complexity index is 725. The van der Waals surface area contributed by atoms with Crippen LogP contribution in [-0.4, -0.2) is 31.0 Å². The van der Waals surface area contributed by atoms with Crippen molar-refractivity contribution < 1.29 is 18.7 Å². The number of anilines is 1. The summed E-state index contributed by atoms with van der Waals surface area (Å²) in [4.78, 5) is 25.5. The number of hydrogen-bond acceptors (Lipinski definition) is 4. The zero-order valence-corrected chi connectivity index (χ0v) is 14.9. The minimum atomic E-state index is -0.157. The number of ether oxygens (including phenoxy) is 1. The van der Waals surface area contributed by atoms with Gasteiger partial charge in [-0.1, -0.05) is 0 Å². The second kappa shape index (κ2) is 8.56. The van der Waals surface area contributed by atoms with Crippen molar-refractivity contribution in [1.29, 1.82) is 0 Å². The second-order valence-electron chi connectivity index (χ2n) is 6.52. The van der Waals surface area contributed by atoms with E-state index >= 15 is 0 Å². The molecule has 0 saturated carbocycles. The van der Waals surface area contributed by atoms with E-state index in [9.17, 15) is 9.59 Å². The molecular formula is C20H24N2O4. The fourth-order valence-corrected chi connectivity index (χ4v) is 2.99. The highest BCUT2D eigenvalue weighted by Crippen LogP contribution is 2.23. The van der Waals surface area contributed by atoms with E-state index in [2.05, 4.69) is 5.32 Å². The molecule has 2 heterocycles. The first-order valence-electron chi connectivity index (χ1n) is 8.97. The fraction of sp³-hybridized carbons (Fsp3) is 0.400. The minimum absolute atomic E-state index is 0.0346. The molecule has 1 aliphatic rings. The quantitative estimate of drug-likeness (QED) is 0.789. The highest BCUT2D eigenvalue weighted by molar-refractivity contribution is 5.95. The van der Waals surface area contributed by atoms with Crippen LogP contribution in [0.15, 0.2) is 47.1 Å². The first kappa shape index (κ1) is 18.0. The minimum Gasteiger partial charge on any atom is -0.484 e. The summed E-state index contributed by atoms with van der Waals surface area (Å²) in [5.74, 6) is 1.52. The molecule has 0 bridgehead atoms. The molecule has 1 aromatic carbocycles. The van der Waals surface area contributed by atoms with Gasteiger partial charge in [0, 0.05) is 31.1 Å². The Morgan fingerprint density at radius 3 is 2.77 bits per heavy atom. The summed E-state index contributed by atoms with van der Waals surface area (Å²) < 4.78 is 10.8. The fourth-order valence-electron chi connectivity index (χ4n) is 2.99. The Hall–Kier alpha value is -2.76. The highest BCUT2D eigenvalue weighted by Gasteiger charge is 2.21. The van der Waals surface area contributed by atoms with Gasteiger partial charge >= 0.3 is 0 Å². The van der Waals surface area contributed by atoms with E-state index in [1.807, 2.05) is 31.2 Å². The predicted molar refractivity (Wildman–Crippen MR) is 98.2 cm³/mol. The summed E-state index contributed by atoms with van der Waals surface area (Å²) in [6, 6.07) is 11.1. The number of hydrogen-bond donors (Lipinski definition) is 1. The summed E-state index contributed by atoms with van der Waals surface area (Å²) in [6.45, 7) is 2.69. The van der Waals surface area contributed by atoms with Gasteiger partial charge in [-0.2, -0.15) is 0 Å². The summed E-state index contributed by atoms with van der Waals surface area (Å²) in [6.07, 6.45) is 4.74. The molecule has 138 valence electrons. The molecule has 0 radical (unpaired) electrons. The zero-order chi connectivity index (χ0) is 18.4. The van der Waals surface area contributed by atoms with Gasteiger partial charge in [0.15, 0.2) is 6.61 Å². The number of benzene rings is 1. The Balaban J connectivity index is 1.40. The molecule has 26 heavy (non-hydrogen) atoms. The van der Waals surface area contributed by atoms with E-state index in [0.29, 0.717) is 12.2 Å². The van der Waals surface area contributed by atoms with Gasteiger partial charge in [-0.15, -0.1) is 0 Å². The van der Waals surface area contributed by atoms with Crippen LogP contribution in [0.25, 0.3) is 0 Å². The van der Waals surface area contributed by atoms with Gasteiger partial charge in [0.2, 0.25) is 5.91 Å². The van der Waals surface area contributed by atoms with Crippen molar-refractivity contribution in [2.75, 3.05) is 18.1 Å². The maximum atomic E-state index is 12.0. The topological polar surface area (TPSA) is 71.8 Å². The van der Waals surface area contributed by atoms with Crippen LogP contribution in [0.1, 0.15) is 31.9 Å². The van der Waals surface area contributed by atoms with Crippen LogP contribution in [0.5, 0.6) is 5.75 Å². The van der Waals surface area contributed by atoms with E-state index in [-0.39, 0.29) is 24.5 Å². The lowest BCUT2D eigenvalue weighted by Crippen LogP contribution is -2.36. The lowest BCUT2D eigenvalue weighted by molar-refractivity contribution is -0.123. The van der Waals surface area contributed by atoms with Gasteiger partial charge in [0.05, 0.1) is 6.26 Å². The SMILES string of the molecule is C[C@@H](CCc1ccco1)NC(=O)COc1ccc(N2CCCC2=O)cc1. The van der Waals surface area contributed by atoms with Crippen LogP contribution in [0.4, 0.5) is 5.69 Å². The van der Waals surface area contributed by atoms with Gasteiger partial charge in [-0.25, -0.2) is 0 Å². The Morgan fingerprint density at radius 1 is 1.31 bits per heavy atom. The predicted octanol–water partition coefficient (Wildman–Crippen LogP) is 2.92. The molecule has 2 amide bonds. The van der Waals surface area contributed by atoms with Crippen molar-refractivity contribution in [3.8, 4) is 5.75 Å². The summed E-state index contributed by atoms with van der Waals surface area (Å²) in [7, 11) is 0. The third-order valence-corrected chi connectivity index (χ3v) is 4.40. The van der Waals surface area contributed by atoms with Gasteiger partial charge in [0.25, 0.3) is 5.91 Å². The normalized spacial score (nSPS) is 15.1. The van der Waals surface area contributed by atoms with E-state index in [4.69, 9.17) is 9.15 Å². The number of carbonyl (C=O) groups is 2. The first-order valence-corrected chi connectivity index (χ1v) is 8.97. The molecule has 1 fully saturated rings. The van der Waals surface area contributed by atoms with E-state index < -0.39 is 0 Å². The van der Waals surface area contributed by atoms with Gasteiger partial charge in [0.1, 0.15) is 11.5 Å². The molecule has 6 heteroatoms. The number of rotatable bonds is 8. The molecule has 0 spiro atoms. The molecule has 3 rings (SSSR count). The Labute approximate surface area is 153 Å². The van der Waals surface area contributed by atoms with E-state index in [1.54, 1.807) is 23.3 Å².